The van der Waals surface area contributed by atoms with Crippen LogP contribution in [-0.4, -0.2) is 58.6 Å². The van der Waals surface area contributed by atoms with Crippen molar-refractivity contribution in [3.8, 4) is 5.75 Å². The van der Waals surface area contributed by atoms with Crippen molar-refractivity contribution in [2.24, 2.45) is 0 Å². The van der Waals surface area contributed by atoms with Crippen molar-refractivity contribution >= 4 is 42.9 Å². The number of nitrogens with zero attached hydrogens (tertiary/aromatic N) is 1. The van der Waals surface area contributed by atoms with Gasteiger partial charge in [-0.1, -0.05) is 23.2 Å². The Morgan fingerprint density at radius 1 is 1.03 bits per heavy atom. The maximum atomic E-state index is 12.1. The number of sulfone groups is 2. The van der Waals surface area contributed by atoms with E-state index in [2.05, 4.69) is 4.90 Å². The van der Waals surface area contributed by atoms with Crippen LogP contribution in [0, 0.1) is 0 Å². The Hall–Kier alpha value is -1.32. The summed E-state index contributed by atoms with van der Waals surface area (Å²) in [6.07, 6.45) is 3.22. The van der Waals surface area contributed by atoms with E-state index in [0.717, 1.165) is 17.4 Å². The molecular formula is C21H23Cl2NO5S2. The molecule has 2 aromatic rings. The fraction of sp³-hybridized carbons (Fsp3) is 0.429. The third-order valence-electron chi connectivity index (χ3n) is 6.03. The molecular weight excluding hydrogens is 481 g/mol. The summed E-state index contributed by atoms with van der Waals surface area (Å²) in [7, 11) is -6.44. The molecule has 0 N–H and O–H groups in total. The highest BCUT2D eigenvalue weighted by Crippen LogP contribution is 2.43. The molecule has 0 radical (unpaired) electrons. The van der Waals surface area contributed by atoms with Crippen LogP contribution < -0.4 is 4.74 Å². The maximum absolute atomic E-state index is 12.1. The van der Waals surface area contributed by atoms with Crippen LogP contribution in [0.5, 0.6) is 5.75 Å². The van der Waals surface area contributed by atoms with Crippen molar-refractivity contribution in [3.63, 3.8) is 0 Å². The Morgan fingerprint density at radius 2 is 1.71 bits per heavy atom. The Morgan fingerprint density at radius 3 is 2.29 bits per heavy atom. The largest absolute Gasteiger partial charge is 0.484 e. The molecule has 168 valence electrons. The van der Waals surface area contributed by atoms with E-state index in [4.69, 9.17) is 27.9 Å². The number of benzene rings is 2. The van der Waals surface area contributed by atoms with Crippen LogP contribution in [0.2, 0.25) is 10.0 Å². The minimum absolute atomic E-state index is 0.104. The van der Waals surface area contributed by atoms with Gasteiger partial charge in [0.05, 0.1) is 16.2 Å². The van der Waals surface area contributed by atoms with E-state index in [1.807, 2.05) is 6.07 Å². The van der Waals surface area contributed by atoms with Crippen LogP contribution in [0.15, 0.2) is 41.3 Å². The predicted molar refractivity (Wildman–Crippen MR) is 122 cm³/mol. The first-order valence-electron chi connectivity index (χ1n) is 9.81. The van der Waals surface area contributed by atoms with Crippen LogP contribution in [0.1, 0.15) is 23.7 Å². The monoisotopic (exact) mass is 503 g/mol. The normalized spacial score (nSPS) is 24.3. The molecule has 2 aromatic carbocycles. The highest BCUT2D eigenvalue weighted by atomic mass is 35.5. The molecule has 10 heteroatoms. The average Bonchev–Trinajstić information content (AvgIpc) is 3.27. The van der Waals surface area contributed by atoms with Gasteiger partial charge in [-0.2, -0.15) is 0 Å². The van der Waals surface area contributed by atoms with Crippen molar-refractivity contribution in [2.75, 3.05) is 25.6 Å². The number of halogens is 2. The predicted octanol–water partition coefficient (Wildman–Crippen LogP) is 3.56. The van der Waals surface area contributed by atoms with Crippen molar-refractivity contribution < 1.29 is 21.6 Å². The van der Waals surface area contributed by atoms with Crippen LogP contribution >= 0.6 is 23.2 Å². The topological polar surface area (TPSA) is 80.8 Å². The summed E-state index contributed by atoms with van der Waals surface area (Å²) in [6, 6.07) is 9.70. The first-order chi connectivity index (χ1) is 14.4. The zero-order valence-corrected chi connectivity index (χ0v) is 20.2. The first-order valence-corrected chi connectivity index (χ1v) is 14.4. The Bertz CT molecular complexity index is 1210. The standard InChI is InChI=1S/C21H23Cl2NO5S2/c1-30(25,26)15-5-3-14(4-6-15)29-21-18-9-13(22)10-19(23)17(18)11-20(21)24-8-7-16(12-24)31(2,27)28/h3-6,9-10,16,20-21H,7-8,11-12H2,1-2H3/t16?,20-,21-/m0/s1. The molecule has 0 spiro atoms. The smallest absolute Gasteiger partial charge is 0.175 e. The second kappa shape index (κ2) is 8.23. The van der Waals surface area contributed by atoms with Gasteiger partial charge in [-0.05, 0) is 61.3 Å². The summed E-state index contributed by atoms with van der Waals surface area (Å²) < 4.78 is 53.9. The lowest BCUT2D eigenvalue weighted by atomic mass is 10.1. The Kier molecular flexibility index (Phi) is 6.07. The van der Waals surface area contributed by atoms with Crippen LogP contribution in [0.25, 0.3) is 0 Å². The molecule has 4 rings (SSSR count). The molecule has 0 aromatic heterocycles. The summed E-state index contributed by atoms with van der Waals surface area (Å²) in [5, 5.41) is 0.663. The second-order valence-electron chi connectivity index (χ2n) is 8.24. The van der Waals surface area contributed by atoms with E-state index in [1.54, 1.807) is 18.2 Å². The summed E-state index contributed by atoms with van der Waals surface area (Å²) in [5.74, 6) is 0.519. The number of rotatable bonds is 5. The van der Waals surface area contributed by atoms with Gasteiger partial charge in [0.2, 0.25) is 0 Å². The molecule has 1 aliphatic heterocycles. The van der Waals surface area contributed by atoms with Crippen molar-refractivity contribution in [3.05, 3.63) is 57.6 Å². The van der Waals surface area contributed by atoms with Gasteiger partial charge >= 0.3 is 0 Å². The number of ether oxygens (including phenoxy) is 1. The van der Waals surface area contributed by atoms with E-state index >= 15 is 0 Å². The third-order valence-corrected chi connectivity index (χ3v) is 9.31. The van der Waals surface area contributed by atoms with Crippen molar-refractivity contribution in [1.29, 1.82) is 0 Å². The molecule has 0 bridgehead atoms. The molecule has 6 nitrogen and oxygen atoms in total. The van der Waals surface area contributed by atoms with Crippen LogP contribution in [0.4, 0.5) is 0 Å². The minimum atomic E-state index is -3.31. The highest BCUT2D eigenvalue weighted by Gasteiger charge is 2.43. The molecule has 1 unspecified atom stereocenters. The maximum Gasteiger partial charge on any atom is 0.175 e. The van der Waals surface area contributed by atoms with Gasteiger partial charge in [0.15, 0.2) is 19.7 Å². The molecule has 3 atom stereocenters. The quantitative estimate of drug-likeness (QED) is 0.620. The van der Waals surface area contributed by atoms with E-state index < -0.39 is 31.0 Å². The molecule has 31 heavy (non-hydrogen) atoms. The molecule has 2 aliphatic rings. The lowest BCUT2D eigenvalue weighted by molar-refractivity contribution is 0.0942. The van der Waals surface area contributed by atoms with Gasteiger partial charge in [-0.15, -0.1) is 0 Å². The van der Waals surface area contributed by atoms with Crippen LogP contribution in [-0.2, 0) is 26.1 Å². The van der Waals surface area contributed by atoms with Gasteiger partial charge in [-0.25, -0.2) is 16.8 Å². The fourth-order valence-corrected chi connectivity index (χ4v) is 6.61. The van der Waals surface area contributed by atoms with Gasteiger partial charge in [0, 0.05) is 34.7 Å². The van der Waals surface area contributed by atoms with Gasteiger partial charge in [-0.3, -0.25) is 4.90 Å². The highest BCUT2D eigenvalue weighted by molar-refractivity contribution is 7.91. The van der Waals surface area contributed by atoms with E-state index in [9.17, 15) is 16.8 Å². The van der Waals surface area contributed by atoms with Gasteiger partial charge < -0.3 is 4.74 Å². The van der Waals surface area contributed by atoms with E-state index in [-0.39, 0.29) is 10.9 Å². The Balaban J connectivity index is 1.66. The fourth-order valence-electron chi connectivity index (χ4n) is 4.40. The number of hydrogen-bond donors (Lipinski definition) is 0. The first kappa shape index (κ1) is 22.9. The molecule has 1 heterocycles. The van der Waals surface area contributed by atoms with E-state index in [0.29, 0.717) is 41.7 Å². The van der Waals surface area contributed by atoms with Crippen molar-refractivity contribution in [2.45, 2.75) is 35.1 Å². The lowest BCUT2D eigenvalue weighted by Crippen LogP contribution is -2.39. The SMILES string of the molecule is CS(=O)(=O)c1ccc(O[C@H]2c3cc(Cl)cc(Cl)c3C[C@@H]2N2CCC(S(C)(=O)=O)C2)cc1. The van der Waals surface area contributed by atoms with Gasteiger partial charge in [0.25, 0.3) is 0 Å². The van der Waals surface area contributed by atoms with Crippen LogP contribution in [0.3, 0.4) is 0 Å². The lowest BCUT2D eigenvalue weighted by Gasteiger charge is -2.30. The molecule has 1 saturated heterocycles. The summed E-state index contributed by atoms with van der Waals surface area (Å²) in [5.41, 5.74) is 1.81. The zero-order chi connectivity index (χ0) is 22.6. The summed E-state index contributed by atoms with van der Waals surface area (Å²) in [6.45, 7) is 1.09. The summed E-state index contributed by atoms with van der Waals surface area (Å²) >= 11 is 12.7. The summed E-state index contributed by atoms with van der Waals surface area (Å²) in [4.78, 5) is 2.36. The van der Waals surface area contributed by atoms with Crippen molar-refractivity contribution in [1.82, 2.24) is 4.90 Å². The second-order valence-corrected chi connectivity index (χ2v) is 13.4. The molecule has 0 saturated carbocycles. The zero-order valence-electron chi connectivity index (χ0n) is 17.1. The molecule has 0 amide bonds. The number of hydrogen-bond acceptors (Lipinski definition) is 6. The molecule has 1 fully saturated rings. The average molecular weight is 504 g/mol. The third kappa shape index (κ3) is 4.73. The molecule has 1 aliphatic carbocycles. The van der Waals surface area contributed by atoms with Gasteiger partial charge in [0.1, 0.15) is 11.9 Å². The minimum Gasteiger partial charge on any atom is -0.484 e. The Labute approximate surface area is 192 Å². The number of likely N-dealkylation sites (tertiary alicyclic amines) is 1. The number of fused-ring (bicyclic) bond motifs is 1. The van der Waals surface area contributed by atoms with E-state index in [1.165, 1.54) is 18.4 Å².